The molecule has 3 rings (SSSR count). The van der Waals surface area contributed by atoms with Gasteiger partial charge in [-0.3, -0.25) is 4.79 Å². The second kappa shape index (κ2) is 4.88. The third-order valence-electron chi connectivity index (χ3n) is 4.50. The minimum atomic E-state index is -0.0421. The summed E-state index contributed by atoms with van der Waals surface area (Å²) in [6, 6.07) is 0. The number of pyridine rings is 1. The van der Waals surface area contributed by atoms with Gasteiger partial charge in [-0.1, -0.05) is 11.6 Å². The minimum Gasteiger partial charge on any atom is -0.369 e. The number of halogens is 2. The van der Waals surface area contributed by atoms with Gasteiger partial charge in [0.15, 0.2) is 0 Å². The van der Waals surface area contributed by atoms with Crippen LogP contribution in [0.3, 0.4) is 0 Å². The third-order valence-corrected chi connectivity index (χ3v) is 5.72. The van der Waals surface area contributed by atoms with Crippen LogP contribution >= 0.6 is 27.5 Å². The van der Waals surface area contributed by atoms with E-state index in [-0.39, 0.29) is 17.2 Å². The van der Waals surface area contributed by atoms with Crippen LogP contribution in [-0.4, -0.2) is 36.4 Å². The fourth-order valence-corrected chi connectivity index (χ4v) is 4.15. The zero-order valence-electron chi connectivity index (χ0n) is 11.5. The molecule has 2 unspecified atom stereocenters. The Morgan fingerprint density at radius 3 is 3.05 bits per heavy atom. The molecule has 6 heteroatoms. The van der Waals surface area contributed by atoms with Gasteiger partial charge in [0, 0.05) is 43.7 Å². The second-order valence-electron chi connectivity index (χ2n) is 5.95. The van der Waals surface area contributed by atoms with Crippen LogP contribution in [0.4, 0.5) is 5.82 Å². The summed E-state index contributed by atoms with van der Waals surface area (Å²) in [5.41, 5.74) is 1.04. The summed E-state index contributed by atoms with van der Waals surface area (Å²) >= 11 is 9.92. The summed E-state index contributed by atoms with van der Waals surface area (Å²) in [6.07, 6.45) is 4.47. The van der Waals surface area contributed by atoms with Crippen LogP contribution in [0, 0.1) is 5.92 Å². The molecule has 1 fully saturated rings. The number of nitrogens with one attached hydrogen (secondary N) is 1. The molecule has 1 amide bonds. The van der Waals surface area contributed by atoms with E-state index < -0.39 is 0 Å². The van der Waals surface area contributed by atoms with E-state index in [4.69, 9.17) is 11.6 Å². The summed E-state index contributed by atoms with van der Waals surface area (Å²) < 4.78 is 0.823. The molecule has 0 bridgehead atoms. The molecular weight excluding hydrogens is 342 g/mol. The first kappa shape index (κ1) is 14.1. The molecule has 0 aromatic carbocycles. The average Bonchev–Trinajstić information content (AvgIpc) is 2.99. The van der Waals surface area contributed by atoms with Gasteiger partial charge in [-0.15, -0.1) is 0 Å². The topological polar surface area (TPSA) is 45.2 Å². The number of carbonyl (C=O) groups excluding carboxylic acids is 1. The van der Waals surface area contributed by atoms with Gasteiger partial charge in [0.1, 0.15) is 5.82 Å². The Kier molecular flexibility index (Phi) is 3.45. The zero-order valence-corrected chi connectivity index (χ0v) is 13.9. The molecule has 2 heterocycles. The molecule has 2 atom stereocenters. The molecule has 1 N–H and O–H groups in total. The number of rotatable bonds is 1. The van der Waals surface area contributed by atoms with Crippen molar-refractivity contribution in [3.63, 3.8) is 0 Å². The first-order chi connectivity index (χ1) is 9.44. The van der Waals surface area contributed by atoms with Crippen molar-refractivity contribution in [2.45, 2.75) is 24.7 Å². The van der Waals surface area contributed by atoms with E-state index in [0.717, 1.165) is 46.7 Å². The van der Waals surface area contributed by atoms with Crippen LogP contribution in [0.1, 0.15) is 24.8 Å². The van der Waals surface area contributed by atoms with Gasteiger partial charge in [-0.25, -0.2) is 4.98 Å². The van der Waals surface area contributed by atoms with E-state index in [2.05, 4.69) is 26.2 Å². The van der Waals surface area contributed by atoms with E-state index in [1.165, 1.54) is 0 Å². The van der Waals surface area contributed by atoms with Crippen molar-refractivity contribution in [2.75, 3.05) is 26.0 Å². The summed E-state index contributed by atoms with van der Waals surface area (Å²) in [7, 11) is 3.64. The quantitative estimate of drug-likeness (QED) is 0.839. The lowest BCUT2D eigenvalue weighted by molar-refractivity contribution is -0.132. The van der Waals surface area contributed by atoms with E-state index in [0.29, 0.717) is 0 Å². The number of hydrogen-bond donors (Lipinski definition) is 1. The van der Waals surface area contributed by atoms with E-state index >= 15 is 0 Å². The maximum atomic E-state index is 12.2. The van der Waals surface area contributed by atoms with Crippen LogP contribution < -0.4 is 5.32 Å². The first-order valence-electron chi connectivity index (χ1n) is 6.74. The maximum Gasteiger partial charge on any atom is 0.225 e. The first-order valence-corrected chi connectivity index (χ1v) is 7.91. The Bertz CT molecular complexity index is 578. The van der Waals surface area contributed by atoms with Gasteiger partial charge >= 0.3 is 0 Å². The van der Waals surface area contributed by atoms with Crippen LogP contribution in [-0.2, 0) is 10.2 Å². The SMILES string of the molecule is CN(C)C(=O)C1CCC2(CNc3ncc(Br)c(Cl)c32)C1. The highest BCUT2D eigenvalue weighted by Crippen LogP contribution is 2.53. The molecule has 1 aromatic rings. The van der Waals surface area contributed by atoms with Crippen LogP contribution in [0.2, 0.25) is 5.02 Å². The Morgan fingerprint density at radius 1 is 1.60 bits per heavy atom. The molecule has 1 aliphatic carbocycles. The van der Waals surface area contributed by atoms with Gasteiger partial charge in [-0.05, 0) is 35.2 Å². The van der Waals surface area contributed by atoms with Crippen LogP contribution in [0.15, 0.2) is 10.7 Å². The molecule has 108 valence electrons. The Morgan fingerprint density at radius 2 is 2.35 bits per heavy atom. The van der Waals surface area contributed by atoms with E-state index in [9.17, 15) is 4.79 Å². The van der Waals surface area contributed by atoms with Gasteiger partial charge < -0.3 is 10.2 Å². The molecule has 20 heavy (non-hydrogen) atoms. The smallest absolute Gasteiger partial charge is 0.225 e. The average molecular weight is 359 g/mol. The molecular formula is C14H17BrClN3O. The van der Waals surface area contributed by atoms with Gasteiger partial charge in [0.25, 0.3) is 0 Å². The molecule has 4 nitrogen and oxygen atoms in total. The number of nitrogens with zero attached hydrogens (tertiary/aromatic N) is 2. The van der Waals surface area contributed by atoms with Gasteiger partial charge in [-0.2, -0.15) is 0 Å². The van der Waals surface area contributed by atoms with E-state index in [1.54, 1.807) is 11.1 Å². The molecule has 1 spiro atoms. The molecule has 1 aromatic heterocycles. The lowest BCUT2D eigenvalue weighted by Gasteiger charge is -2.25. The minimum absolute atomic E-state index is 0.0421. The number of amides is 1. The lowest BCUT2D eigenvalue weighted by atomic mass is 9.80. The van der Waals surface area contributed by atoms with Crippen molar-refractivity contribution in [3.05, 3.63) is 21.3 Å². The van der Waals surface area contributed by atoms with Crippen molar-refractivity contribution in [1.82, 2.24) is 9.88 Å². The highest BCUT2D eigenvalue weighted by molar-refractivity contribution is 9.10. The maximum absolute atomic E-state index is 12.2. The second-order valence-corrected chi connectivity index (χ2v) is 7.18. The highest BCUT2D eigenvalue weighted by atomic mass is 79.9. The monoisotopic (exact) mass is 357 g/mol. The largest absolute Gasteiger partial charge is 0.369 e. The van der Waals surface area contributed by atoms with Crippen molar-refractivity contribution in [2.24, 2.45) is 5.92 Å². The fraction of sp³-hybridized carbons (Fsp3) is 0.571. The number of hydrogen-bond acceptors (Lipinski definition) is 3. The molecule has 2 aliphatic rings. The predicted molar refractivity (Wildman–Crippen MR) is 83.1 cm³/mol. The Hall–Kier alpha value is -0.810. The summed E-state index contributed by atoms with van der Waals surface area (Å²) in [4.78, 5) is 18.3. The van der Waals surface area contributed by atoms with E-state index in [1.807, 2.05) is 14.1 Å². The summed E-state index contributed by atoms with van der Waals surface area (Å²) in [5, 5.41) is 4.08. The zero-order chi connectivity index (χ0) is 14.5. The van der Waals surface area contributed by atoms with Gasteiger partial charge in [0.05, 0.1) is 9.50 Å². The van der Waals surface area contributed by atoms with Crippen molar-refractivity contribution in [1.29, 1.82) is 0 Å². The van der Waals surface area contributed by atoms with Crippen molar-refractivity contribution >= 4 is 39.3 Å². The van der Waals surface area contributed by atoms with Crippen molar-refractivity contribution < 1.29 is 4.79 Å². The Labute approximate surface area is 132 Å². The van der Waals surface area contributed by atoms with Gasteiger partial charge in [0.2, 0.25) is 5.91 Å². The highest BCUT2D eigenvalue weighted by Gasteiger charge is 2.49. The molecule has 0 saturated heterocycles. The van der Waals surface area contributed by atoms with Crippen molar-refractivity contribution in [3.8, 4) is 0 Å². The summed E-state index contributed by atoms with van der Waals surface area (Å²) in [6.45, 7) is 0.822. The molecule has 0 radical (unpaired) electrons. The molecule has 1 saturated carbocycles. The normalized spacial score (nSPS) is 27.5. The van der Waals surface area contributed by atoms with Crippen LogP contribution in [0.25, 0.3) is 0 Å². The Balaban J connectivity index is 1.95. The summed E-state index contributed by atoms with van der Waals surface area (Å²) in [5.74, 6) is 1.18. The number of anilines is 1. The fourth-order valence-electron chi connectivity index (χ4n) is 3.51. The number of carbonyl (C=O) groups is 1. The molecule has 1 aliphatic heterocycles. The number of fused-ring (bicyclic) bond motifs is 2. The third kappa shape index (κ3) is 2.02. The van der Waals surface area contributed by atoms with Crippen LogP contribution in [0.5, 0.6) is 0 Å². The standard InChI is InChI=1S/C14H17BrClN3O/c1-19(2)13(20)8-3-4-14(5-8)7-18-12-10(14)11(16)9(15)6-17-12/h6,8H,3-5,7H2,1-2H3,(H,17,18). The lowest BCUT2D eigenvalue weighted by Crippen LogP contribution is -2.31. The predicted octanol–water partition coefficient (Wildman–Crippen LogP) is 3.05. The number of aromatic nitrogens is 1.